The molecule has 10 nitrogen and oxygen atoms in total. The summed E-state index contributed by atoms with van der Waals surface area (Å²) in [6.07, 6.45) is 1.56. The summed E-state index contributed by atoms with van der Waals surface area (Å²) in [5.41, 5.74) is 0.671. The van der Waals surface area contributed by atoms with Crippen molar-refractivity contribution in [3.8, 4) is 0 Å². The van der Waals surface area contributed by atoms with E-state index in [1.165, 1.54) is 22.7 Å². The van der Waals surface area contributed by atoms with Gasteiger partial charge in [0.05, 0.1) is 12.6 Å². The highest BCUT2D eigenvalue weighted by molar-refractivity contribution is 7.10. The molecule has 3 aromatic heterocycles. The maximum atomic E-state index is 13.2. The van der Waals surface area contributed by atoms with Crippen LogP contribution in [0.15, 0.2) is 15.2 Å². The highest BCUT2D eigenvalue weighted by atomic mass is 32.1. The van der Waals surface area contributed by atoms with Gasteiger partial charge in [0, 0.05) is 10.8 Å². The zero-order valence-electron chi connectivity index (χ0n) is 20.9. The van der Waals surface area contributed by atoms with Crippen molar-refractivity contribution >= 4 is 40.4 Å². The number of carbonyl (C=O) groups is 3. The molecule has 0 radical (unpaired) electrons. The van der Waals surface area contributed by atoms with Gasteiger partial charge in [0.2, 0.25) is 5.89 Å². The third kappa shape index (κ3) is 5.34. The highest BCUT2D eigenvalue weighted by Crippen LogP contribution is 2.30. The zero-order chi connectivity index (χ0) is 26.0. The summed E-state index contributed by atoms with van der Waals surface area (Å²) in [7, 11) is 0. The van der Waals surface area contributed by atoms with Gasteiger partial charge in [0.15, 0.2) is 5.69 Å². The minimum atomic E-state index is -0.543. The Kier molecular flexibility index (Phi) is 7.84. The number of hydrogen-bond acceptors (Lipinski definition) is 9. The number of thiazole rings is 2. The summed E-state index contributed by atoms with van der Waals surface area (Å²) in [5, 5.41) is 13.4. The first-order valence-corrected chi connectivity index (χ1v) is 13.7. The Hall–Kier alpha value is -3.12. The van der Waals surface area contributed by atoms with Crippen molar-refractivity contribution in [2.45, 2.75) is 66.1 Å². The van der Waals surface area contributed by atoms with E-state index in [4.69, 9.17) is 4.42 Å². The van der Waals surface area contributed by atoms with E-state index in [1.54, 1.807) is 17.7 Å². The Labute approximate surface area is 217 Å². The standard InChI is InChI=1S/C24H30N6O4S2/c1-6-11(3)17-23-30-19(13(5)34-23)22(33)25-8-16-26-14(9-35-16)20(31)29-18(12(4)7-2)24-27-15(10-36-24)21(32)28-17/h9-12,17-18H,6-8H2,1-5H3,(H,25,33)(H,28,32)(H,29,31)/t11-,12-,17-,18+/m0/s1. The maximum Gasteiger partial charge on any atom is 0.273 e. The number of amides is 3. The van der Waals surface area contributed by atoms with Crippen LogP contribution < -0.4 is 16.0 Å². The van der Waals surface area contributed by atoms with Crippen LogP contribution in [0.25, 0.3) is 0 Å². The molecule has 0 saturated carbocycles. The van der Waals surface area contributed by atoms with Crippen LogP contribution in [0.4, 0.5) is 0 Å². The molecule has 3 aromatic rings. The predicted molar refractivity (Wildman–Crippen MR) is 136 cm³/mol. The summed E-state index contributed by atoms with van der Waals surface area (Å²) < 4.78 is 5.86. The van der Waals surface area contributed by atoms with E-state index in [0.29, 0.717) is 15.8 Å². The van der Waals surface area contributed by atoms with Crippen LogP contribution in [0.5, 0.6) is 0 Å². The topological polar surface area (TPSA) is 139 Å². The lowest BCUT2D eigenvalue weighted by molar-refractivity contribution is 0.0907. The minimum Gasteiger partial charge on any atom is -0.443 e. The number of aromatic nitrogens is 3. The maximum absolute atomic E-state index is 13.2. The second-order valence-corrected chi connectivity index (χ2v) is 10.8. The summed E-state index contributed by atoms with van der Waals surface area (Å²) >= 11 is 2.62. The second kappa shape index (κ2) is 10.9. The molecule has 4 heterocycles. The van der Waals surface area contributed by atoms with Crippen molar-refractivity contribution < 1.29 is 18.8 Å². The predicted octanol–water partition coefficient (Wildman–Crippen LogP) is 4.17. The zero-order valence-corrected chi connectivity index (χ0v) is 22.5. The Morgan fingerprint density at radius 2 is 1.53 bits per heavy atom. The third-order valence-electron chi connectivity index (χ3n) is 6.50. The molecule has 0 fully saturated rings. The van der Waals surface area contributed by atoms with Crippen molar-refractivity contribution in [3.63, 3.8) is 0 Å². The molecule has 4 atom stereocenters. The third-order valence-corrected chi connectivity index (χ3v) is 8.28. The Morgan fingerprint density at radius 3 is 2.22 bits per heavy atom. The van der Waals surface area contributed by atoms with Crippen molar-refractivity contribution in [2.75, 3.05) is 0 Å². The first-order chi connectivity index (χ1) is 17.2. The number of carbonyl (C=O) groups excluding carboxylic acids is 3. The molecule has 3 N–H and O–H groups in total. The van der Waals surface area contributed by atoms with Crippen molar-refractivity contribution in [1.29, 1.82) is 0 Å². The fraction of sp³-hybridized carbons (Fsp3) is 0.500. The Morgan fingerprint density at radius 1 is 0.917 bits per heavy atom. The number of rotatable bonds is 4. The van der Waals surface area contributed by atoms with Crippen LogP contribution in [0.2, 0.25) is 0 Å². The first kappa shape index (κ1) is 26.0. The molecule has 0 unspecified atom stereocenters. The van der Waals surface area contributed by atoms with E-state index >= 15 is 0 Å². The molecule has 192 valence electrons. The fourth-order valence-electron chi connectivity index (χ4n) is 3.83. The molecular formula is C24H30N6O4S2. The summed E-state index contributed by atoms with van der Waals surface area (Å²) in [5.74, 6) is -0.407. The molecule has 1 aliphatic heterocycles. The largest absolute Gasteiger partial charge is 0.443 e. The van der Waals surface area contributed by atoms with E-state index in [1.807, 2.05) is 27.7 Å². The Bertz CT molecular complexity index is 1270. The number of oxazole rings is 1. The Balaban J connectivity index is 1.76. The SMILES string of the molecule is CC[C@H](C)[C@@H]1NC(=O)c2csc(n2)[C@@H]([C@@H](C)CC)NC(=O)c2csc(n2)CNC(=O)c2nc1oc2C. The van der Waals surface area contributed by atoms with Gasteiger partial charge >= 0.3 is 0 Å². The van der Waals surface area contributed by atoms with Crippen molar-refractivity contribution in [3.05, 3.63) is 49.5 Å². The smallest absolute Gasteiger partial charge is 0.273 e. The van der Waals surface area contributed by atoms with Gasteiger partial charge in [-0.3, -0.25) is 14.4 Å². The van der Waals surface area contributed by atoms with Crippen molar-refractivity contribution in [2.24, 2.45) is 11.8 Å². The number of nitrogens with one attached hydrogen (secondary N) is 3. The highest BCUT2D eigenvalue weighted by Gasteiger charge is 2.31. The van der Waals surface area contributed by atoms with Gasteiger partial charge in [0.1, 0.15) is 33.2 Å². The monoisotopic (exact) mass is 530 g/mol. The van der Waals surface area contributed by atoms with Crippen LogP contribution in [0.3, 0.4) is 0 Å². The molecular weight excluding hydrogens is 500 g/mol. The van der Waals surface area contributed by atoms with Crippen LogP contribution in [-0.2, 0) is 6.54 Å². The lowest BCUT2D eigenvalue weighted by Crippen LogP contribution is -2.34. The van der Waals surface area contributed by atoms with E-state index in [0.717, 1.165) is 12.8 Å². The summed E-state index contributed by atoms with van der Waals surface area (Å²) in [6, 6.07) is -0.918. The molecule has 36 heavy (non-hydrogen) atoms. The number of nitrogens with zero attached hydrogens (tertiary/aromatic N) is 3. The molecule has 6 bridgehead atoms. The van der Waals surface area contributed by atoms with Crippen molar-refractivity contribution in [1.82, 2.24) is 30.9 Å². The van der Waals surface area contributed by atoms with E-state index in [2.05, 4.69) is 30.9 Å². The molecule has 4 rings (SSSR count). The second-order valence-electron chi connectivity index (χ2n) is 9.01. The molecule has 0 aliphatic carbocycles. The van der Waals surface area contributed by atoms with Crippen LogP contribution in [-0.4, -0.2) is 32.7 Å². The van der Waals surface area contributed by atoms with E-state index < -0.39 is 11.9 Å². The van der Waals surface area contributed by atoms with Crippen LogP contribution >= 0.6 is 22.7 Å². The average Bonchev–Trinajstić information content (AvgIpc) is 3.62. The van der Waals surface area contributed by atoms with Gasteiger partial charge in [-0.2, -0.15) is 0 Å². The number of fused-ring (bicyclic) bond motifs is 6. The van der Waals surface area contributed by atoms with E-state index in [-0.39, 0.29) is 59.2 Å². The molecule has 1 aliphatic rings. The molecule has 0 aromatic carbocycles. The van der Waals surface area contributed by atoms with Gasteiger partial charge in [-0.1, -0.05) is 40.5 Å². The van der Waals surface area contributed by atoms with Gasteiger partial charge in [-0.05, 0) is 18.8 Å². The van der Waals surface area contributed by atoms with Gasteiger partial charge in [-0.15, -0.1) is 22.7 Å². The summed E-state index contributed by atoms with van der Waals surface area (Å²) in [6.45, 7) is 9.87. The van der Waals surface area contributed by atoms with Crippen LogP contribution in [0.1, 0.15) is 106 Å². The first-order valence-electron chi connectivity index (χ1n) is 12.0. The molecule has 3 amide bonds. The van der Waals surface area contributed by atoms with Gasteiger partial charge in [0.25, 0.3) is 17.7 Å². The summed E-state index contributed by atoms with van der Waals surface area (Å²) in [4.78, 5) is 52.5. The molecule has 12 heteroatoms. The van der Waals surface area contributed by atoms with Gasteiger partial charge < -0.3 is 20.4 Å². The fourth-order valence-corrected chi connectivity index (χ4v) is 5.52. The quantitative estimate of drug-likeness (QED) is 0.460. The minimum absolute atomic E-state index is 0.00694. The average molecular weight is 531 g/mol. The van der Waals surface area contributed by atoms with Gasteiger partial charge in [-0.25, -0.2) is 15.0 Å². The molecule has 0 spiro atoms. The molecule has 0 saturated heterocycles. The lowest BCUT2D eigenvalue weighted by Gasteiger charge is -2.22. The lowest BCUT2D eigenvalue weighted by atomic mass is 9.99. The number of aryl methyl sites for hydroxylation is 1. The van der Waals surface area contributed by atoms with E-state index in [9.17, 15) is 14.4 Å². The van der Waals surface area contributed by atoms with Crippen LogP contribution in [0, 0.1) is 18.8 Å². The number of hydrogen-bond donors (Lipinski definition) is 3. The normalized spacial score (nSPS) is 20.5.